The number of benzene rings is 1. The molecule has 0 amide bonds. The van der Waals surface area contributed by atoms with Crippen LogP contribution in [0.5, 0.6) is 0 Å². The van der Waals surface area contributed by atoms with Gasteiger partial charge in [0.2, 0.25) is 0 Å². The zero-order valence-electron chi connectivity index (χ0n) is 8.44. The summed E-state index contributed by atoms with van der Waals surface area (Å²) in [6, 6.07) is 9.89. The number of carbonyl (C=O) groups excluding carboxylic acids is 1. The Morgan fingerprint density at radius 2 is 1.93 bits per heavy atom. The largest absolute Gasteiger partial charge is 0.356 e. The highest BCUT2D eigenvalue weighted by atomic mass is 16.6. The molecule has 0 spiro atoms. The van der Waals surface area contributed by atoms with Crippen molar-refractivity contribution < 1.29 is 9.53 Å². The minimum Gasteiger partial charge on any atom is -0.356 e. The quantitative estimate of drug-likeness (QED) is 0.685. The van der Waals surface area contributed by atoms with E-state index in [9.17, 15) is 4.79 Å². The van der Waals surface area contributed by atoms with Crippen LogP contribution in [0.15, 0.2) is 30.3 Å². The van der Waals surface area contributed by atoms with Gasteiger partial charge >= 0.3 is 0 Å². The Morgan fingerprint density at radius 3 is 2.50 bits per heavy atom. The third-order valence-electron chi connectivity index (χ3n) is 2.47. The monoisotopic (exact) mass is 190 g/mol. The molecule has 2 atom stereocenters. The summed E-state index contributed by atoms with van der Waals surface area (Å²) in [7, 11) is 0. The summed E-state index contributed by atoms with van der Waals surface area (Å²) in [5.74, 6) is 0.271. The van der Waals surface area contributed by atoms with E-state index in [-0.39, 0.29) is 23.9 Å². The summed E-state index contributed by atoms with van der Waals surface area (Å²) < 4.78 is 5.38. The fraction of sp³-hybridized carbons (Fsp3) is 0.417. The van der Waals surface area contributed by atoms with E-state index >= 15 is 0 Å². The smallest absolute Gasteiger partial charge is 0.167 e. The Kier molecular flexibility index (Phi) is 2.38. The number of hydrogen-bond acceptors (Lipinski definition) is 2. The van der Waals surface area contributed by atoms with Gasteiger partial charge in [-0.2, -0.15) is 0 Å². The van der Waals surface area contributed by atoms with Crippen LogP contribution in [0.2, 0.25) is 0 Å². The fourth-order valence-electron chi connectivity index (χ4n) is 1.55. The first kappa shape index (κ1) is 9.41. The van der Waals surface area contributed by atoms with Gasteiger partial charge < -0.3 is 4.74 Å². The molecule has 0 aromatic heterocycles. The first-order chi connectivity index (χ1) is 6.70. The molecule has 74 valence electrons. The minimum atomic E-state index is -0.197. The van der Waals surface area contributed by atoms with E-state index in [1.165, 1.54) is 0 Å². The lowest BCUT2D eigenvalue weighted by Gasteiger charge is -1.98. The molecule has 1 aliphatic heterocycles. The fourth-order valence-corrected chi connectivity index (χ4v) is 1.55. The van der Waals surface area contributed by atoms with Crippen LogP contribution in [0.25, 0.3) is 0 Å². The molecule has 1 saturated heterocycles. The maximum absolute atomic E-state index is 11.6. The molecule has 0 bridgehead atoms. The predicted molar refractivity (Wildman–Crippen MR) is 53.9 cm³/mol. The van der Waals surface area contributed by atoms with Gasteiger partial charge in [-0.3, -0.25) is 4.79 Å². The van der Waals surface area contributed by atoms with Crippen molar-refractivity contribution in [3.8, 4) is 0 Å². The van der Waals surface area contributed by atoms with Gasteiger partial charge in [0.05, 0.1) is 0 Å². The molecule has 1 aromatic rings. The van der Waals surface area contributed by atoms with Crippen molar-refractivity contribution in [3.63, 3.8) is 0 Å². The van der Waals surface area contributed by atoms with E-state index in [4.69, 9.17) is 4.74 Å². The van der Waals surface area contributed by atoms with Gasteiger partial charge in [-0.15, -0.1) is 0 Å². The SMILES string of the molecule is CC(C)C(=O)C1OC1c1ccccc1. The predicted octanol–water partition coefficient (Wildman–Crippen LogP) is 2.35. The zero-order chi connectivity index (χ0) is 10.1. The van der Waals surface area contributed by atoms with Crippen LogP contribution in [0.3, 0.4) is 0 Å². The second kappa shape index (κ2) is 3.54. The molecule has 2 heteroatoms. The molecule has 2 unspecified atom stereocenters. The molecule has 0 saturated carbocycles. The van der Waals surface area contributed by atoms with E-state index in [0.29, 0.717) is 0 Å². The molecule has 1 aromatic carbocycles. The van der Waals surface area contributed by atoms with Crippen LogP contribution in [0, 0.1) is 5.92 Å². The molecule has 0 radical (unpaired) electrons. The summed E-state index contributed by atoms with van der Waals surface area (Å²) in [5, 5.41) is 0. The first-order valence-electron chi connectivity index (χ1n) is 4.94. The number of Topliss-reactive ketones (excluding diaryl/α,β-unsaturated/α-hetero) is 1. The number of rotatable bonds is 3. The number of epoxide rings is 1. The second-order valence-corrected chi connectivity index (χ2v) is 3.95. The number of carbonyl (C=O) groups is 1. The van der Waals surface area contributed by atoms with Gasteiger partial charge in [-0.25, -0.2) is 0 Å². The van der Waals surface area contributed by atoms with Crippen LogP contribution < -0.4 is 0 Å². The molecule has 0 aliphatic carbocycles. The topological polar surface area (TPSA) is 29.6 Å². The van der Waals surface area contributed by atoms with Crippen LogP contribution in [0.1, 0.15) is 25.5 Å². The van der Waals surface area contributed by atoms with Crippen molar-refractivity contribution in [2.75, 3.05) is 0 Å². The second-order valence-electron chi connectivity index (χ2n) is 3.95. The molecule has 14 heavy (non-hydrogen) atoms. The molecule has 2 rings (SSSR count). The molecular weight excluding hydrogens is 176 g/mol. The lowest BCUT2D eigenvalue weighted by Crippen LogP contribution is -2.14. The van der Waals surface area contributed by atoms with E-state index in [0.717, 1.165) is 5.56 Å². The van der Waals surface area contributed by atoms with E-state index < -0.39 is 0 Å². The van der Waals surface area contributed by atoms with Crippen molar-refractivity contribution in [1.29, 1.82) is 0 Å². The normalized spacial score (nSPS) is 25.1. The third kappa shape index (κ3) is 1.70. The average molecular weight is 190 g/mol. The summed E-state index contributed by atoms with van der Waals surface area (Å²) in [6.45, 7) is 3.82. The van der Waals surface area contributed by atoms with Crippen LogP contribution in [-0.2, 0) is 9.53 Å². The van der Waals surface area contributed by atoms with Crippen molar-refractivity contribution in [2.45, 2.75) is 26.1 Å². The van der Waals surface area contributed by atoms with E-state index in [2.05, 4.69) is 0 Å². The highest BCUT2D eigenvalue weighted by Crippen LogP contribution is 2.40. The Morgan fingerprint density at radius 1 is 1.29 bits per heavy atom. The van der Waals surface area contributed by atoms with Crippen molar-refractivity contribution in [1.82, 2.24) is 0 Å². The minimum absolute atomic E-state index is 0.00565. The summed E-state index contributed by atoms with van der Waals surface area (Å²) in [5.41, 5.74) is 1.10. The van der Waals surface area contributed by atoms with Crippen molar-refractivity contribution in [3.05, 3.63) is 35.9 Å². The maximum atomic E-state index is 11.6. The average Bonchev–Trinajstić information content (AvgIpc) is 2.97. The zero-order valence-corrected chi connectivity index (χ0v) is 8.44. The Bertz CT molecular complexity index is 329. The Hall–Kier alpha value is -1.15. The molecule has 1 aliphatic rings. The maximum Gasteiger partial charge on any atom is 0.167 e. The van der Waals surface area contributed by atoms with Gasteiger partial charge in [0.1, 0.15) is 12.2 Å². The van der Waals surface area contributed by atoms with Gasteiger partial charge in [0.15, 0.2) is 5.78 Å². The van der Waals surface area contributed by atoms with Gasteiger partial charge in [0, 0.05) is 5.92 Å². The van der Waals surface area contributed by atoms with Gasteiger partial charge in [-0.1, -0.05) is 44.2 Å². The first-order valence-corrected chi connectivity index (χ1v) is 4.94. The lowest BCUT2D eigenvalue weighted by molar-refractivity contribution is -0.123. The Labute approximate surface area is 83.9 Å². The van der Waals surface area contributed by atoms with Crippen LogP contribution in [0.4, 0.5) is 0 Å². The molecule has 0 N–H and O–H groups in total. The Balaban J connectivity index is 2.03. The van der Waals surface area contributed by atoms with Crippen LogP contribution >= 0.6 is 0 Å². The van der Waals surface area contributed by atoms with Crippen LogP contribution in [-0.4, -0.2) is 11.9 Å². The summed E-state index contributed by atoms with van der Waals surface area (Å²) in [4.78, 5) is 11.6. The van der Waals surface area contributed by atoms with E-state index in [1.807, 2.05) is 44.2 Å². The van der Waals surface area contributed by atoms with E-state index in [1.54, 1.807) is 0 Å². The third-order valence-corrected chi connectivity index (χ3v) is 2.47. The summed E-state index contributed by atoms with van der Waals surface area (Å²) >= 11 is 0. The van der Waals surface area contributed by atoms with Crippen molar-refractivity contribution in [2.24, 2.45) is 5.92 Å². The molecule has 1 fully saturated rings. The van der Waals surface area contributed by atoms with Gasteiger partial charge in [-0.05, 0) is 5.56 Å². The number of hydrogen-bond donors (Lipinski definition) is 0. The standard InChI is InChI=1S/C12H14O2/c1-8(2)10(13)12-11(14-12)9-6-4-3-5-7-9/h3-8,11-12H,1-2H3. The number of ketones is 1. The van der Waals surface area contributed by atoms with Gasteiger partial charge in [0.25, 0.3) is 0 Å². The number of ether oxygens (including phenoxy) is 1. The highest BCUT2D eigenvalue weighted by molar-refractivity contribution is 5.87. The lowest BCUT2D eigenvalue weighted by atomic mass is 10.0. The molecule has 1 heterocycles. The molecule has 2 nitrogen and oxygen atoms in total. The summed E-state index contributed by atoms with van der Waals surface area (Å²) in [6.07, 6.45) is -0.191. The highest BCUT2D eigenvalue weighted by Gasteiger charge is 2.46. The van der Waals surface area contributed by atoms with Crippen molar-refractivity contribution >= 4 is 5.78 Å². The molecular formula is C12H14O2.